The second-order valence-electron chi connectivity index (χ2n) is 4.13. The first-order valence-electron chi connectivity index (χ1n) is 5.32. The predicted molar refractivity (Wildman–Crippen MR) is 57.1 cm³/mol. The standard InChI is InChI=1S/C13H15N/c1-10-5-4-8-12(13(10)9-14)11-6-2-3-7-11/h4-5,8,11H,2-3,6-7H2,1H3. The molecule has 0 aliphatic heterocycles. The maximum Gasteiger partial charge on any atom is 0.0997 e. The van der Waals surface area contributed by atoms with Crippen LogP contribution in [0.1, 0.15) is 48.3 Å². The van der Waals surface area contributed by atoms with Gasteiger partial charge in [-0.2, -0.15) is 5.26 Å². The molecule has 1 nitrogen and oxygen atoms in total. The first-order valence-corrected chi connectivity index (χ1v) is 5.32. The monoisotopic (exact) mass is 185 g/mol. The van der Waals surface area contributed by atoms with Crippen LogP contribution in [0.4, 0.5) is 0 Å². The molecule has 1 aromatic carbocycles. The SMILES string of the molecule is Cc1cccc(C2CCCC2)c1C#N. The average Bonchev–Trinajstić information content (AvgIpc) is 2.70. The fourth-order valence-electron chi connectivity index (χ4n) is 2.42. The van der Waals surface area contributed by atoms with Crippen LogP contribution >= 0.6 is 0 Å². The zero-order chi connectivity index (χ0) is 9.97. The number of hydrogen-bond acceptors (Lipinski definition) is 1. The Hall–Kier alpha value is -1.29. The van der Waals surface area contributed by atoms with Gasteiger partial charge in [0, 0.05) is 0 Å². The van der Waals surface area contributed by atoms with E-state index in [1.165, 1.54) is 31.2 Å². The summed E-state index contributed by atoms with van der Waals surface area (Å²) in [4.78, 5) is 0. The molecule has 0 aromatic heterocycles. The number of aryl methyl sites for hydroxylation is 1. The van der Waals surface area contributed by atoms with E-state index in [0.29, 0.717) is 5.92 Å². The van der Waals surface area contributed by atoms with E-state index in [2.05, 4.69) is 18.2 Å². The molecule has 0 atom stereocenters. The summed E-state index contributed by atoms with van der Waals surface area (Å²) in [6, 6.07) is 8.57. The lowest BCUT2D eigenvalue weighted by Gasteiger charge is -2.12. The van der Waals surface area contributed by atoms with Crippen molar-refractivity contribution in [2.75, 3.05) is 0 Å². The Morgan fingerprint density at radius 2 is 2.00 bits per heavy atom. The highest BCUT2D eigenvalue weighted by Gasteiger charge is 2.20. The van der Waals surface area contributed by atoms with Gasteiger partial charge in [-0.05, 0) is 36.8 Å². The lowest BCUT2D eigenvalue weighted by molar-refractivity contribution is 0.720. The van der Waals surface area contributed by atoms with Crippen molar-refractivity contribution in [2.24, 2.45) is 0 Å². The first-order chi connectivity index (χ1) is 6.83. The summed E-state index contributed by atoms with van der Waals surface area (Å²) in [5, 5.41) is 9.11. The molecule has 1 heteroatoms. The molecule has 0 heterocycles. The molecule has 0 unspecified atom stereocenters. The van der Waals surface area contributed by atoms with E-state index in [9.17, 15) is 0 Å². The molecule has 1 aliphatic carbocycles. The van der Waals surface area contributed by atoms with Gasteiger partial charge in [-0.3, -0.25) is 0 Å². The Balaban J connectivity index is 2.42. The van der Waals surface area contributed by atoms with Gasteiger partial charge in [-0.1, -0.05) is 31.0 Å². The number of rotatable bonds is 1. The average molecular weight is 185 g/mol. The lowest BCUT2D eigenvalue weighted by atomic mass is 9.91. The maximum atomic E-state index is 9.11. The zero-order valence-corrected chi connectivity index (χ0v) is 8.59. The van der Waals surface area contributed by atoms with Crippen LogP contribution in [0.3, 0.4) is 0 Å². The molecule has 2 rings (SSSR count). The van der Waals surface area contributed by atoms with Crippen LogP contribution in [0.2, 0.25) is 0 Å². The van der Waals surface area contributed by atoms with E-state index in [1.807, 2.05) is 13.0 Å². The van der Waals surface area contributed by atoms with E-state index in [4.69, 9.17) is 5.26 Å². The normalized spacial score (nSPS) is 16.9. The molecule has 72 valence electrons. The highest BCUT2D eigenvalue weighted by atomic mass is 14.3. The van der Waals surface area contributed by atoms with Crippen LogP contribution in [0.25, 0.3) is 0 Å². The second-order valence-corrected chi connectivity index (χ2v) is 4.13. The summed E-state index contributed by atoms with van der Waals surface area (Å²) in [6.45, 7) is 2.02. The molecule has 1 aromatic rings. The Morgan fingerprint density at radius 1 is 1.29 bits per heavy atom. The number of hydrogen-bond donors (Lipinski definition) is 0. The Morgan fingerprint density at radius 3 is 2.64 bits per heavy atom. The maximum absolute atomic E-state index is 9.11. The summed E-state index contributed by atoms with van der Waals surface area (Å²) in [5.41, 5.74) is 3.32. The van der Waals surface area contributed by atoms with Crippen molar-refractivity contribution in [3.63, 3.8) is 0 Å². The molecule has 0 amide bonds. The van der Waals surface area contributed by atoms with Gasteiger partial charge in [0.05, 0.1) is 11.6 Å². The van der Waals surface area contributed by atoms with Crippen LogP contribution in [0.15, 0.2) is 18.2 Å². The topological polar surface area (TPSA) is 23.8 Å². The highest BCUT2D eigenvalue weighted by molar-refractivity contribution is 5.45. The van der Waals surface area contributed by atoms with E-state index in [1.54, 1.807) is 0 Å². The highest BCUT2D eigenvalue weighted by Crippen LogP contribution is 2.36. The lowest BCUT2D eigenvalue weighted by Crippen LogP contribution is -1.98. The first kappa shape index (κ1) is 9.27. The van der Waals surface area contributed by atoms with Crippen LogP contribution in [0, 0.1) is 18.3 Å². The third-order valence-corrected chi connectivity index (χ3v) is 3.21. The third-order valence-electron chi connectivity index (χ3n) is 3.21. The van der Waals surface area contributed by atoms with Crippen molar-refractivity contribution in [2.45, 2.75) is 38.5 Å². The van der Waals surface area contributed by atoms with E-state index in [-0.39, 0.29) is 0 Å². The molecular weight excluding hydrogens is 170 g/mol. The van der Waals surface area contributed by atoms with Gasteiger partial charge in [-0.25, -0.2) is 0 Å². The van der Waals surface area contributed by atoms with Gasteiger partial charge in [0.2, 0.25) is 0 Å². The van der Waals surface area contributed by atoms with Gasteiger partial charge in [-0.15, -0.1) is 0 Å². The van der Waals surface area contributed by atoms with Crippen molar-refractivity contribution in [1.29, 1.82) is 5.26 Å². The van der Waals surface area contributed by atoms with Gasteiger partial charge in [0.15, 0.2) is 0 Å². The van der Waals surface area contributed by atoms with E-state index >= 15 is 0 Å². The molecule has 0 N–H and O–H groups in total. The van der Waals surface area contributed by atoms with Crippen molar-refractivity contribution in [3.05, 3.63) is 34.9 Å². The molecule has 0 spiro atoms. The minimum absolute atomic E-state index is 0.643. The van der Waals surface area contributed by atoms with Crippen LogP contribution in [-0.4, -0.2) is 0 Å². The number of nitrogens with zero attached hydrogens (tertiary/aromatic N) is 1. The van der Waals surface area contributed by atoms with Crippen molar-refractivity contribution in [3.8, 4) is 6.07 Å². The van der Waals surface area contributed by atoms with Crippen molar-refractivity contribution >= 4 is 0 Å². The molecule has 0 bridgehead atoms. The minimum Gasteiger partial charge on any atom is -0.192 e. The summed E-state index contributed by atoms with van der Waals surface area (Å²) in [6.07, 6.45) is 5.17. The molecule has 14 heavy (non-hydrogen) atoms. The largest absolute Gasteiger partial charge is 0.192 e. The Kier molecular flexibility index (Phi) is 2.54. The Labute approximate surface area is 85.4 Å². The molecule has 1 fully saturated rings. The van der Waals surface area contributed by atoms with Gasteiger partial charge in [0.1, 0.15) is 0 Å². The smallest absolute Gasteiger partial charge is 0.0997 e. The third kappa shape index (κ3) is 1.53. The van der Waals surface area contributed by atoms with Gasteiger partial charge < -0.3 is 0 Å². The van der Waals surface area contributed by atoms with Crippen LogP contribution < -0.4 is 0 Å². The fourth-order valence-corrected chi connectivity index (χ4v) is 2.42. The summed E-state index contributed by atoms with van der Waals surface area (Å²) >= 11 is 0. The fraction of sp³-hybridized carbons (Fsp3) is 0.462. The molecule has 0 radical (unpaired) electrons. The molecular formula is C13H15N. The number of nitriles is 1. The van der Waals surface area contributed by atoms with E-state index < -0.39 is 0 Å². The van der Waals surface area contributed by atoms with Gasteiger partial charge in [0.25, 0.3) is 0 Å². The minimum atomic E-state index is 0.643. The Bertz CT molecular complexity index is 367. The summed E-state index contributed by atoms with van der Waals surface area (Å²) in [5.74, 6) is 0.643. The predicted octanol–water partition coefficient (Wildman–Crippen LogP) is 3.52. The van der Waals surface area contributed by atoms with Crippen LogP contribution in [0.5, 0.6) is 0 Å². The summed E-state index contributed by atoms with van der Waals surface area (Å²) in [7, 11) is 0. The number of benzene rings is 1. The second kappa shape index (κ2) is 3.84. The quantitative estimate of drug-likeness (QED) is 0.656. The van der Waals surface area contributed by atoms with E-state index in [0.717, 1.165) is 11.1 Å². The molecule has 1 saturated carbocycles. The van der Waals surface area contributed by atoms with Gasteiger partial charge >= 0.3 is 0 Å². The van der Waals surface area contributed by atoms with Crippen LogP contribution in [-0.2, 0) is 0 Å². The van der Waals surface area contributed by atoms with Crippen molar-refractivity contribution < 1.29 is 0 Å². The molecule has 1 aliphatic rings. The molecule has 0 saturated heterocycles. The zero-order valence-electron chi connectivity index (χ0n) is 8.59. The van der Waals surface area contributed by atoms with Crippen molar-refractivity contribution in [1.82, 2.24) is 0 Å². The summed E-state index contributed by atoms with van der Waals surface area (Å²) < 4.78 is 0.